The normalized spacial score (nSPS) is 20.9. The molecule has 1 unspecified atom stereocenters. The van der Waals surface area contributed by atoms with Gasteiger partial charge in [-0.15, -0.1) is 0 Å². The zero-order chi connectivity index (χ0) is 11.2. The molecule has 1 aliphatic rings. The van der Waals surface area contributed by atoms with E-state index in [2.05, 4.69) is 11.4 Å². The smallest absolute Gasteiger partial charge is 0.0685 e. The molecule has 1 aromatic rings. The molecular weight excluding hydrogens is 218 g/mol. The molecule has 1 aliphatic heterocycles. The summed E-state index contributed by atoms with van der Waals surface area (Å²) in [6.07, 6.45) is 2.61. The van der Waals surface area contributed by atoms with Gasteiger partial charge in [0.25, 0.3) is 0 Å². The Kier molecular flexibility index (Phi) is 4.69. The monoisotopic (exact) mass is 237 g/mol. The van der Waals surface area contributed by atoms with Crippen LogP contribution in [-0.4, -0.2) is 22.7 Å². The van der Waals surface area contributed by atoms with Gasteiger partial charge in [0.15, 0.2) is 0 Å². The van der Waals surface area contributed by atoms with E-state index in [9.17, 15) is 5.11 Å². The zero-order valence-corrected chi connectivity index (χ0v) is 10.3. The number of rotatable bonds is 4. The van der Waals surface area contributed by atoms with Crippen LogP contribution in [-0.2, 0) is 13.2 Å². The van der Waals surface area contributed by atoms with E-state index in [0.717, 1.165) is 12.1 Å². The first-order valence-electron chi connectivity index (χ1n) is 5.89. The fraction of sp³-hybridized carbons (Fsp3) is 0.538. The lowest BCUT2D eigenvalue weighted by Gasteiger charge is -2.23. The van der Waals surface area contributed by atoms with E-state index >= 15 is 0 Å². The number of thioether (sulfide) groups is 1. The maximum absolute atomic E-state index is 9.22. The number of hydrogen-bond acceptors (Lipinski definition) is 3. The van der Waals surface area contributed by atoms with Crippen molar-refractivity contribution in [2.45, 2.75) is 32.0 Å². The van der Waals surface area contributed by atoms with E-state index in [1.807, 2.05) is 30.0 Å². The number of hydrogen-bond donors (Lipinski definition) is 2. The first-order chi connectivity index (χ1) is 7.90. The Labute approximate surface area is 101 Å². The first-order valence-corrected chi connectivity index (χ1v) is 7.04. The van der Waals surface area contributed by atoms with E-state index < -0.39 is 0 Å². The minimum atomic E-state index is 0.136. The highest BCUT2D eigenvalue weighted by atomic mass is 32.2. The molecule has 2 rings (SSSR count). The molecule has 1 heterocycles. The van der Waals surface area contributed by atoms with Crippen LogP contribution in [0.5, 0.6) is 0 Å². The fourth-order valence-electron chi connectivity index (χ4n) is 2.04. The summed E-state index contributed by atoms with van der Waals surface area (Å²) in [6, 6.07) is 8.74. The summed E-state index contributed by atoms with van der Waals surface area (Å²) in [4.78, 5) is 0. The second-order valence-electron chi connectivity index (χ2n) is 4.22. The lowest BCUT2D eigenvalue weighted by Crippen LogP contribution is -2.33. The molecule has 1 fully saturated rings. The SMILES string of the molecule is OCc1ccccc1CNC1CCCSC1. The van der Waals surface area contributed by atoms with Crippen molar-refractivity contribution in [3.05, 3.63) is 35.4 Å². The number of benzene rings is 1. The van der Waals surface area contributed by atoms with Gasteiger partial charge in [-0.05, 0) is 29.7 Å². The molecule has 0 spiro atoms. The fourth-order valence-corrected chi connectivity index (χ4v) is 3.15. The van der Waals surface area contributed by atoms with Crippen LogP contribution >= 0.6 is 11.8 Å². The minimum Gasteiger partial charge on any atom is -0.392 e. The van der Waals surface area contributed by atoms with Gasteiger partial charge in [-0.1, -0.05) is 24.3 Å². The van der Waals surface area contributed by atoms with Crippen molar-refractivity contribution in [3.8, 4) is 0 Å². The highest BCUT2D eigenvalue weighted by molar-refractivity contribution is 7.99. The molecule has 1 atom stereocenters. The Balaban J connectivity index is 1.88. The van der Waals surface area contributed by atoms with Crippen LogP contribution in [0.4, 0.5) is 0 Å². The molecule has 0 saturated carbocycles. The maximum atomic E-state index is 9.22. The van der Waals surface area contributed by atoms with Crippen LogP contribution in [0.15, 0.2) is 24.3 Å². The van der Waals surface area contributed by atoms with Gasteiger partial charge in [-0.3, -0.25) is 0 Å². The summed E-state index contributed by atoms with van der Waals surface area (Å²) in [5.74, 6) is 2.53. The van der Waals surface area contributed by atoms with Crippen molar-refractivity contribution in [1.82, 2.24) is 5.32 Å². The zero-order valence-electron chi connectivity index (χ0n) is 9.48. The molecule has 0 radical (unpaired) electrons. The average Bonchev–Trinajstić information content (AvgIpc) is 2.38. The summed E-state index contributed by atoms with van der Waals surface area (Å²) >= 11 is 2.04. The minimum absolute atomic E-state index is 0.136. The predicted molar refractivity (Wildman–Crippen MR) is 69.6 cm³/mol. The van der Waals surface area contributed by atoms with E-state index in [4.69, 9.17) is 0 Å². The molecule has 88 valence electrons. The van der Waals surface area contributed by atoms with Gasteiger partial charge in [0.1, 0.15) is 0 Å². The molecule has 2 N–H and O–H groups in total. The number of aliphatic hydroxyl groups excluding tert-OH is 1. The first kappa shape index (κ1) is 12.0. The molecule has 0 amide bonds. The second kappa shape index (κ2) is 6.28. The molecule has 3 heteroatoms. The Bertz CT molecular complexity index is 323. The Morgan fingerprint density at radius 2 is 2.12 bits per heavy atom. The van der Waals surface area contributed by atoms with E-state index in [1.54, 1.807) is 0 Å². The Hall–Kier alpha value is -0.510. The molecule has 1 saturated heterocycles. The van der Waals surface area contributed by atoms with Crippen LogP contribution in [0.1, 0.15) is 24.0 Å². The third kappa shape index (κ3) is 3.24. The molecule has 0 bridgehead atoms. The molecular formula is C13H19NOS. The molecule has 0 aliphatic carbocycles. The van der Waals surface area contributed by atoms with Crippen LogP contribution in [0.3, 0.4) is 0 Å². The molecule has 1 aromatic carbocycles. The standard InChI is InChI=1S/C13H19NOS/c15-9-12-5-2-1-4-11(12)8-14-13-6-3-7-16-10-13/h1-2,4-5,13-15H,3,6-10H2. The Morgan fingerprint density at radius 1 is 1.31 bits per heavy atom. The van der Waals surface area contributed by atoms with Crippen molar-refractivity contribution >= 4 is 11.8 Å². The van der Waals surface area contributed by atoms with Crippen LogP contribution in [0.25, 0.3) is 0 Å². The largest absolute Gasteiger partial charge is 0.392 e. The highest BCUT2D eigenvalue weighted by Crippen LogP contribution is 2.17. The average molecular weight is 237 g/mol. The third-order valence-electron chi connectivity index (χ3n) is 3.03. The van der Waals surface area contributed by atoms with Gasteiger partial charge in [-0.25, -0.2) is 0 Å². The van der Waals surface area contributed by atoms with Gasteiger partial charge < -0.3 is 10.4 Å². The maximum Gasteiger partial charge on any atom is 0.0685 e. The van der Waals surface area contributed by atoms with Crippen molar-refractivity contribution in [1.29, 1.82) is 0 Å². The predicted octanol–water partition coefficient (Wildman–Crippen LogP) is 2.16. The quantitative estimate of drug-likeness (QED) is 0.842. The second-order valence-corrected chi connectivity index (χ2v) is 5.37. The van der Waals surface area contributed by atoms with Gasteiger partial charge in [0.05, 0.1) is 6.61 Å². The summed E-state index contributed by atoms with van der Waals surface area (Å²) in [5, 5.41) is 12.8. The van der Waals surface area contributed by atoms with Gasteiger partial charge in [-0.2, -0.15) is 11.8 Å². The van der Waals surface area contributed by atoms with Crippen LogP contribution in [0, 0.1) is 0 Å². The van der Waals surface area contributed by atoms with Crippen molar-refractivity contribution in [2.75, 3.05) is 11.5 Å². The Morgan fingerprint density at radius 3 is 2.81 bits per heavy atom. The lowest BCUT2D eigenvalue weighted by atomic mass is 10.1. The summed E-state index contributed by atoms with van der Waals surface area (Å²) in [5.41, 5.74) is 2.26. The van der Waals surface area contributed by atoms with Crippen LogP contribution < -0.4 is 5.32 Å². The van der Waals surface area contributed by atoms with Crippen LogP contribution in [0.2, 0.25) is 0 Å². The van der Waals surface area contributed by atoms with Crippen molar-refractivity contribution in [2.24, 2.45) is 0 Å². The van der Waals surface area contributed by atoms with Gasteiger partial charge >= 0.3 is 0 Å². The van der Waals surface area contributed by atoms with Gasteiger partial charge in [0.2, 0.25) is 0 Å². The third-order valence-corrected chi connectivity index (χ3v) is 4.25. The highest BCUT2D eigenvalue weighted by Gasteiger charge is 2.13. The van der Waals surface area contributed by atoms with Gasteiger partial charge in [0, 0.05) is 18.3 Å². The lowest BCUT2D eigenvalue weighted by molar-refractivity contribution is 0.280. The summed E-state index contributed by atoms with van der Waals surface area (Å²) in [6.45, 7) is 1.01. The van der Waals surface area contributed by atoms with E-state index in [-0.39, 0.29) is 6.61 Å². The van der Waals surface area contributed by atoms with Crippen molar-refractivity contribution in [3.63, 3.8) is 0 Å². The number of aliphatic hydroxyl groups is 1. The molecule has 2 nitrogen and oxygen atoms in total. The molecule has 16 heavy (non-hydrogen) atoms. The van der Waals surface area contributed by atoms with E-state index in [0.29, 0.717) is 6.04 Å². The summed E-state index contributed by atoms with van der Waals surface area (Å²) in [7, 11) is 0. The topological polar surface area (TPSA) is 32.3 Å². The number of nitrogens with one attached hydrogen (secondary N) is 1. The van der Waals surface area contributed by atoms with E-state index in [1.165, 1.54) is 29.9 Å². The summed E-state index contributed by atoms with van der Waals surface area (Å²) < 4.78 is 0. The molecule has 0 aromatic heterocycles. The van der Waals surface area contributed by atoms with Crippen molar-refractivity contribution < 1.29 is 5.11 Å².